The molecule has 1 atom stereocenters. The molecular formula is C22H24N2O6S. The number of nitrogens with zero attached hydrogens (tertiary/aromatic N) is 1. The molecule has 0 saturated carbocycles. The minimum atomic E-state index is -3.89. The van der Waals surface area contributed by atoms with Gasteiger partial charge in [-0.2, -0.15) is 4.31 Å². The number of nitrogens with one attached hydrogen (secondary N) is 1. The molecule has 164 valence electrons. The van der Waals surface area contributed by atoms with Crippen molar-refractivity contribution in [2.24, 2.45) is 0 Å². The number of fused-ring (bicyclic) bond motifs is 2. The second kappa shape index (κ2) is 8.60. The SMILES string of the molecule is CC(NC(=O)CN(C)S(=O)(=O)c1ccc2c(c1)OCCCO2)c1cc2ccccc2o1. The summed E-state index contributed by atoms with van der Waals surface area (Å²) in [7, 11) is -2.52. The molecule has 4 rings (SSSR count). The number of amides is 1. The third-order valence-corrected chi connectivity index (χ3v) is 6.84. The summed E-state index contributed by atoms with van der Waals surface area (Å²) in [6.45, 7) is 2.42. The fourth-order valence-corrected chi connectivity index (χ4v) is 4.49. The van der Waals surface area contributed by atoms with Crippen molar-refractivity contribution in [3.8, 4) is 11.5 Å². The predicted octanol–water partition coefficient (Wildman–Crippen LogP) is 3.09. The molecule has 0 aliphatic carbocycles. The molecule has 1 unspecified atom stereocenters. The summed E-state index contributed by atoms with van der Waals surface area (Å²) in [5.41, 5.74) is 0.729. The van der Waals surface area contributed by atoms with Crippen LogP contribution in [0.25, 0.3) is 11.0 Å². The van der Waals surface area contributed by atoms with Crippen LogP contribution in [-0.2, 0) is 14.8 Å². The summed E-state index contributed by atoms with van der Waals surface area (Å²) in [5, 5.41) is 3.72. The lowest BCUT2D eigenvalue weighted by Gasteiger charge is -2.19. The number of hydrogen-bond donors (Lipinski definition) is 1. The number of sulfonamides is 1. The maximum absolute atomic E-state index is 12.9. The number of para-hydroxylation sites is 1. The maximum Gasteiger partial charge on any atom is 0.243 e. The number of carbonyl (C=O) groups is 1. The Labute approximate surface area is 180 Å². The lowest BCUT2D eigenvalue weighted by Crippen LogP contribution is -2.39. The van der Waals surface area contributed by atoms with E-state index in [9.17, 15) is 13.2 Å². The minimum absolute atomic E-state index is 0.0392. The number of rotatable bonds is 6. The number of likely N-dealkylation sites (N-methyl/N-ethyl adjacent to an activating group) is 1. The van der Waals surface area contributed by atoms with Crippen LogP contribution < -0.4 is 14.8 Å². The summed E-state index contributed by atoms with van der Waals surface area (Å²) in [6, 6.07) is 13.5. The Kier molecular flexibility index (Phi) is 5.88. The summed E-state index contributed by atoms with van der Waals surface area (Å²) >= 11 is 0. The van der Waals surface area contributed by atoms with E-state index in [1.165, 1.54) is 19.2 Å². The van der Waals surface area contributed by atoms with Crippen molar-refractivity contribution in [1.82, 2.24) is 9.62 Å². The Bertz CT molecular complexity index is 1170. The zero-order valence-electron chi connectivity index (χ0n) is 17.3. The number of carbonyl (C=O) groups excluding carboxylic acids is 1. The van der Waals surface area contributed by atoms with Crippen LogP contribution in [0.4, 0.5) is 0 Å². The van der Waals surface area contributed by atoms with E-state index in [2.05, 4.69) is 5.32 Å². The molecule has 2 heterocycles. The van der Waals surface area contributed by atoms with Gasteiger partial charge >= 0.3 is 0 Å². The fraction of sp³-hybridized carbons (Fsp3) is 0.318. The van der Waals surface area contributed by atoms with Gasteiger partial charge in [0, 0.05) is 24.9 Å². The summed E-state index contributed by atoms with van der Waals surface area (Å²) < 4.78 is 43.8. The third-order valence-electron chi connectivity index (χ3n) is 5.04. The molecule has 1 aliphatic heterocycles. The van der Waals surface area contributed by atoms with E-state index in [4.69, 9.17) is 13.9 Å². The molecule has 0 saturated heterocycles. The molecule has 1 amide bonds. The molecule has 2 aromatic carbocycles. The Morgan fingerprint density at radius 3 is 2.61 bits per heavy atom. The van der Waals surface area contributed by atoms with Gasteiger partial charge in [0.25, 0.3) is 0 Å². The van der Waals surface area contributed by atoms with Crippen LogP contribution in [0.1, 0.15) is 25.1 Å². The normalized spacial score (nSPS) is 14.9. The van der Waals surface area contributed by atoms with Crippen LogP contribution in [0.2, 0.25) is 0 Å². The van der Waals surface area contributed by atoms with Crippen LogP contribution in [0.5, 0.6) is 11.5 Å². The fourth-order valence-electron chi connectivity index (χ4n) is 3.35. The highest BCUT2D eigenvalue weighted by atomic mass is 32.2. The molecule has 1 aromatic heterocycles. The van der Waals surface area contributed by atoms with Crippen molar-refractivity contribution in [3.63, 3.8) is 0 Å². The number of benzene rings is 2. The molecule has 3 aromatic rings. The van der Waals surface area contributed by atoms with Gasteiger partial charge in [0.15, 0.2) is 11.5 Å². The second-order valence-electron chi connectivity index (χ2n) is 7.40. The lowest BCUT2D eigenvalue weighted by atomic mass is 10.2. The summed E-state index contributed by atoms with van der Waals surface area (Å²) in [5.74, 6) is 1.06. The van der Waals surface area contributed by atoms with Gasteiger partial charge in [0.1, 0.15) is 11.3 Å². The van der Waals surface area contributed by atoms with E-state index >= 15 is 0 Å². The standard InChI is InChI=1S/C22H24N2O6S/c1-15(20-12-16-6-3-4-7-18(16)30-20)23-22(25)14-24(2)31(26,27)17-8-9-19-21(13-17)29-11-5-10-28-19/h3-4,6-9,12-13,15H,5,10-11,14H2,1-2H3,(H,23,25). The molecule has 0 bridgehead atoms. The van der Waals surface area contributed by atoms with Gasteiger partial charge in [-0.05, 0) is 31.2 Å². The highest BCUT2D eigenvalue weighted by Gasteiger charge is 2.26. The van der Waals surface area contributed by atoms with E-state index < -0.39 is 22.0 Å². The van der Waals surface area contributed by atoms with Gasteiger partial charge in [-0.1, -0.05) is 18.2 Å². The largest absolute Gasteiger partial charge is 0.490 e. The second-order valence-corrected chi connectivity index (χ2v) is 9.44. The Morgan fingerprint density at radius 2 is 1.84 bits per heavy atom. The first kappa shape index (κ1) is 21.2. The van der Waals surface area contributed by atoms with Gasteiger partial charge in [0.05, 0.1) is 30.7 Å². The van der Waals surface area contributed by atoms with Crippen molar-refractivity contribution in [3.05, 3.63) is 54.3 Å². The topological polar surface area (TPSA) is 98.1 Å². The van der Waals surface area contributed by atoms with Gasteiger partial charge in [-0.3, -0.25) is 4.79 Å². The van der Waals surface area contributed by atoms with Crippen molar-refractivity contribution in [2.45, 2.75) is 24.3 Å². The molecule has 1 N–H and O–H groups in total. The minimum Gasteiger partial charge on any atom is -0.490 e. The molecule has 9 heteroatoms. The van der Waals surface area contributed by atoms with Gasteiger partial charge in [0.2, 0.25) is 15.9 Å². The zero-order valence-corrected chi connectivity index (χ0v) is 18.1. The number of ether oxygens (including phenoxy) is 2. The Morgan fingerprint density at radius 1 is 1.10 bits per heavy atom. The van der Waals surface area contributed by atoms with Gasteiger partial charge < -0.3 is 19.2 Å². The van der Waals surface area contributed by atoms with E-state index in [0.717, 1.165) is 21.7 Å². The van der Waals surface area contributed by atoms with Crippen LogP contribution in [0.3, 0.4) is 0 Å². The average Bonchev–Trinajstić information content (AvgIpc) is 3.04. The first-order valence-electron chi connectivity index (χ1n) is 9.98. The van der Waals surface area contributed by atoms with E-state index in [-0.39, 0.29) is 11.4 Å². The van der Waals surface area contributed by atoms with Crippen molar-refractivity contribution in [1.29, 1.82) is 0 Å². The molecule has 0 spiro atoms. The lowest BCUT2D eigenvalue weighted by molar-refractivity contribution is -0.121. The highest BCUT2D eigenvalue weighted by Crippen LogP contribution is 2.32. The number of furan rings is 1. The first-order valence-corrected chi connectivity index (χ1v) is 11.4. The van der Waals surface area contributed by atoms with Gasteiger partial charge in [-0.15, -0.1) is 0 Å². The zero-order chi connectivity index (χ0) is 22.0. The van der Waals surface area contributed by atoms with Crippen molar-refractivity contribution < 1.29 is 27.1 Å². The van der Waals surface area contributed by atoms with E-state index in [1.807, 2.05) is 30.3 Å². The van der Waals surface area contributed by atoms with Crippen LogP contribution in [0.15, 0.2) is 57.8 Å². The monoisotopic (exact) mass is 444 g/mol. The third kappa shape index (κ3) is 4.52. The van der Waals surface area contributed by atoms with Crippen LogP contribution in [0, 0.1) is 0 Å². The Balaban J connectivity index is 1.43. The van der Waals surface area contributed by atoms with E-state index in [1.54, 1.807) is 13.0 Å². The smallest absolute Gasteiger partial charge is 0.243 e. The molecule has 1 aliphatic rings. The van der Waals surface area contributed by atoms with Crippen molar-refractivity contribution in [2.75, 3.05) is 26.8 Å². The summed E-state index contributed by atoms with van der Waals surface area (Å²) in [4.78, 5) is 12.5. The quantitative estimate of drug-likeness (QED) is 0.627. The molecule has 8 nitrogen and oxygen atoms in total. The van der Waals surface area contributed by atoms with Crippen LogP contribution in [-0.4, -0.2) is 45.4 Å². The first-order chi connectivity index (χ1) is 14.8. The molecule has 0 fully saturated rings. The van der Waals surface area contributed by atoms with Crippen LogP contribution >= 0.6 is 0 Å². The maximum atomic E-state index is 12.9. The average molecular weight is 445 g/mol. The summed E-state index contributed by atoms with van der Waals surface area (Å²) in [6.07, 6.45) is 0.722. The highest BCUT2D eigenvalue weighted by molar-refractivity contribution is 7.89. The molecular weight excluding hydrogens is 420 g/mol. The Hall–Kier alpha value is -3.04. The molecule has 0 radical (unpaired) electrons. The molecule has 31 heavy (non-hydrogen) atoms. The van der Waals surface area contributed by atoms with Gasteiger partial charge in [-0.25, -0.2) is 8.42 Å². The van der Waals surface area contributed by atoms with E-state index in [0.29, 0.717) is 30.5 Å². The number of hydrogen-bond acceptors (Lipinski definition) is 6. The predicted molar refractivity (Wildman–Crippen MR) is 115 cm³/mol. The van der Waals surface area contributed by atoms with Crippen molar-refractivity contribution >= 4 is 26.9 Å².